The first-order chi connectivity index (χ1) is 11.8. The van der Waals surface area contributed by atoms with Crippen molar-refractivity contribution in [2.45, 2.75) is 0 Å². The van der Waals surface area contributed by atoms with Gasteiger partial charge in [0.2, 0.25) is 0 Å². The number of benzene rings is 3. The van der Waals surface area contributed by atoms with Crippen LogP contribution in [0.2, 0.25) is 0 Å². The third-order valence-electron chi connectivity index (χ3n) is 3.99. The van der Waals surface area contributed by atoms with E-state index in [-0.39, 0.29) is 0 Å². The molecule has 3 heteroatoms. The van der Waals surface area contributed by atoms with Gasteiger partial charge in [0.1, 0.15) is 5.75 Å². The van der Waals surface area contributed by atoms with Crippen molar-refractivity contribution in [1.82, 2.24) is 9.97 Å². The molecule has 116 valence electrons. The van der Waals surface area contributed by atoms with E-state index < -0.39 is 0 Å². The van der Waals surface area contributed by atoms with Gasteiger partial charge in [-0.2, -0.15) is 0 Å². The Morgan fingerprint density at radius 2 is 1.62 bits per heavy atom. The largest absolute Gasteiger partial charge is 0.497 e. The van der Waals surface area contributed by atoms with Crippen LogP contribution in [-0.2, 0) is 0 Å². The molecule has 0 radical (unpaired) electrons. The molecular formula is C21H16N2O. The minimum atomic E-state index is 0.850. The molecule has 0 aliphatic rings. The second kappa shape index (κ2) is 6.13. The lowest BCUT2D eigenvalue weighted by Gasteiger charge is -2.03. The van der Waals surface area contributed by atoms with Crippen LogP contribution in [0.25, 0.3) is 34.0 Å². The Kier molecular flexibility index (Phi) is 3.67. The van der Waals surface area contributed by atoms with E-state index in [9.17, 15) is 0 Å². The number of hydrogen-bond acceptors (Lipinski definition) is 3. The molecule has 0 aliphatic heterocycles. The standard InChI is InChI=1S/C21H16N2O/c1-24-19-11-9-16-12-15(6-8-17(16)13-19)7-10-18-14-22-20-4-2-3-5-21(20)23-18/h2-14H,1H3/b10-7+. The average Bonchev–Trinajstić information content (AvgIpc) is 2.65. The second-order valence-corrected chi connectivity index (χ2v) is 5.59. The van der Waals surface area contributed by atoms with E-state index in [2.05, 4.69) is 40.3 Å². The third-order valence-corrected chi connectivity index (χ3v) is 3.99. The Labute approximate surface area is 140 Å². The molecule has 3 aromatic carbocycles. The summed E-state index contributed by atoms with van der Waals surface area (Å²) in [5, 5.41) is 2.35. The van der Waals surface area contributed by atoms with E-state index in [4.69, 9.17) is 4.74 Å². The minimum absolute atomic E-state index is 0.850. The molecule has 0 saturated carbocycles. The fourth-order valence-corrected chi connectivity index (χ4v) is 2.71. The second-order valence-electron chi connectivity index (χ2n) is 5.59. The number of nitrogens with zero attached hydrogens (tertiary/aromatic N) is 2. The number of rotatable bonds is 3. The summed E-state index contributed by atoms with van der Waals surface area (Å²) in [5.41, 5.74) is 3.80. The van der Waals surface area contributed by atoms with Crippen LogP contribution in [0, 0.1) is 0 Å². The van der Waals surface area contributed by atoms with Gasteiger partial charge in [0.05, 0.1) is 30.0 Å². The van der Waals surface area contributed by atoms with Crippen molar-refractivity contribution in [3.8, 4) is 5.75 Å². The first-order valence-corrected chi connectivity index (χ1v) is 7.79. The Morgan fingerprint density at radius 1 is 0.833 bits per heavy atom. The summed E-state index contributed by atoms with van der Waals surface area (Å²) in [5.74, 6) is 0.872. The van der Waals surface area contributed by atoms with Crippen LogP contribution in [0.5, 0.6) is 5.75 Å². The lowest BCUT2D eigenvalue weighted by Crippen LogP contribution is -1.86. The predicted molar refractivity (Wildman–Crippen MR) is 99.0 cm³/mol. The fraction of sp³-hybridized carbons (Fsp3) is 0.0476. The molecule has 0 amide bonds. The topological polar surface area (TPSA) is 35.0 Å². The van der Waals surface area contributed by atoms with E-state index in [1.165, 1.54) is 5.39 Å². The predicted octanol–water partition coefficient (Wildman–Crippen LogP) is 4.96. The highest BCUT2D eigenvalue weighted by Gasteiger charge is 1.99. The Bertz CT molecular complexity index is 1050. The summed E-state index contributed by atoms with van der Waals surface area (Å²) in [6, 6.07) is 20.3. The van der Waals surface area contributed by atoms with Gasteiger partial charge in [-0.1, -0.05) is 36.4 Å². The minimum Gasteiger partial charge on any atom is -0.497 e. The van der Waals surface area contributed by atoms with E-state index in [0.29, 0.717) is 0 Å². The smallest absolute Gasteiger partial charge is 0.119 e. The molecule has 0 spiro atoms. The van der Waals surface area contributed by atoms with Gasteiger partial charge in [-0.05, 0) is 52.7 Å². The number of methoxy groups -OCH3 is 1. The van der Waals surface area contributed by atoms with E-state index >= 15 is 0 Å². The maximum atomic E-state index is 5.26. The highest BCUT2D eigenvalue weighted by molar-refractivity contribution is 5.87. The van der Waals surface area contributed by atoms with Crippen molar-refractivity contribution in [2.24, 2.45) is 0 Å². The number of hydrogen-bond donors (Lipinski definition) is 0. The van der Waals surface area contributed by atoms with Crippen LogP contribution >= 0.6 is 0 Å². The van der Waals surface area contributed by atoms with Gasteiger partial charge < -0.3 is 4.74 Å². The molecule has 4 rings (SSSR count). The van der Waals surface area contributed by atoms with Crippen molar-refractivity contribution in [1.29, 1.82) is 0 Å². The lowest BCUT2D eigenvalue weighted by molar-refractivity contribution is 0.415. The van der Waals surface area contributed by atoms with Crippen LogP contribution < -0.4 is 4.74 Å². The molecule has 0 saturated heterocycles. The number of fused-ring (bicyclic) bond motifs is 2. The Balaban J connectivity index is 1.65. The van der Waals surface area contributed by atoms with Crippen molar-refractivity contribution in [2.75, 3.05) is 7.11 Å². The van der Waals surface area contributed by atoms with E-state index in [0.717, 1.165) is 33.4 Å². The van der Waals surface area contributed by atoms with Crippen molar-refractivity contribution in [3.63, 3.8) is 0 Å². The first kappa shape index (κ1) is 14.4. The molecule has 0 atom stereocenters. The molecule has 0 fully saturated rings. The van der Waals surface area contributed by atoms with Crippen LogP contribution in [0.15, 0.2) is 66.9 Å². The summed E-state index contributed by atoms with van der Waals surface area (Å²) in [4.78, 5) is 9.04. The molecule has 1 aromatic heterocycles. The number of aromatic nitrogens is 2. The van der Waals surface area contributed by atoms with Gasteiger partial charge in [0, 0.05) is 0 Å². The summed E-state index contributed by atoms with van der Waals surface area (Å²) in [7, 11) is 1.68. The summed E-state index contributed by atoms with van der Waals surface area (Å²) >= 11 is 0. The van der Waals surface area contributed by atoms with Gasteiger partial charge in [-0.3, -0.25) is 4.98 Å². The summed E-state index contributed by atoms with van der Waals surface area (Å²) in [6.45, 7) is 0. The molecular weight excluding hydrogens is 296 g/mol. The summed E-state index contributed by atoms with van der Waals surface area (Å²) in [6.07, 6.45) is 5.84. The zero-order chi connectivity index (χ0) is 16.4. The van der Waals surface area contributed by atoms with Gasteiger partial charge >= 0.3 is 0 Å². The van der Waals surface area contributed by atoms with Crippen molar-refractivity contribution < 1.29 is 4.74 Å². The normalized spacial score (nSPS) is 11.4. The van der Waals surface area contributed by atoms with Crippen LogP contribution in [0.3, 0.4) is 0 Å². The molecule has 0 unspecified atom stereocenters. The monoisotopic (exact) mass is 312 g/mol. The van der Waals surface area contributed by atoms with Gasteiger partial charge in [-0.25, -0.2) is 4.98 Å². The highest BCUT2D eigenvalue weighted by atomic mass is 16.5. The lowest BCUT2D eigenvalue weighted by atomic mass is 10.1. The average molecular weight is 312 g/mol. The van der Waals surface area contributed by atoms with Crippen LogP contribution in [0.1, 0.15) is 11.3 Å². The highest BCUT2D eigenvalue weighted by Crippen LogP contribution is 2.22. The first-order valence-electron chi connectivity index (χ1n) is 7.79. The SMILES string of the molecule is COc1ccc2cc(/C=C/c3cnc4ccccc4n3)ccc2c1. The van der Waals surface area contributed by atoms with Gasteiger partial charge in [0.15, 0.2) is 0 Å². The molecule has 3 nitrogen and oxygen atoms in total. The van der Waals surface area contributed by atoms with Crippen LogP contribution in [-0.4, -0.2) is 17.1 Å². The molecule has 0 N–H and O–H groups in total. The maximum Gasteiger partial charge on any atom is 0.119 e. The molecule has 0 bridgehead atoms. The number of ether oxygens (including phenoxy) is 1. The summed E-state index contributed by atoms with van der Waals surface area (Å²) < 4.78 is 5.26. The van der Waals surface area contributed by atoms with Gasteiger partial charge in [-0.15, -0.1) is 0 Å². The number of para-hydroxylation sites is 2. The van der Waals surface area contributed by atoms with Crippen molar-refractivity contribution >= 4 is 34.0 Å². The molecule has 4 aromatic rings. The van der Waals surface area contributed by atoms with Crippen LogP contribution in [0.4, 0.5) is 0 Å². The van der Waals surface area contributed by atoms with E-state index in [1.807, 2.05) is 42.5 Å². The Hall–Kier alpha value is -3.20. The van der Waals surface area contributed by atoms with E-state index in [1.54, 1.807) is 13.3 Å². The zero-order valence-electron chi connectivity index (χ0n) is 13.3. The Morgan fingerprint density at radius 3 is 2.50 bits per heavy atom. The van der Waals surface area contributed by atoms with Crippen molar-refractivity contribution in [3.05, 3.63) is 78.1 Å². The molecule has 24 heavy (non-hydrogen) atoms. The zero-order valence-corrected chi connectivity index (χ0v) is 13.3. The van der Waals surface area contributed by atoms with Gasteiger partial charge in [0.25, 0.3) is 0 Å². The quantitative estimate of drug-likeness (QED) is 0.536. The maximum absolute atomic E-state index is 5.26. The fourth-order valence-electron chi connectivity index (χ4n) is 2.71. The molecule has 0 aliphatic carbocycles. The third kappa shape index (κ3) is 2.84. The molecule has 1 heterocycles.